The summed E-state index contributed by atoms with van der Waals surface area (Å²) in [5.41, 5.74) is 4.36. The Kier molecular flexibility index (Phi) is 11.1. The minimum absolute atomic E-state index is 0. The van der Waals surface area contributed by atoms with Crippen molar-refractivity contribution < 1.29 is 46.9 Å². The molecule has 3 heterocycles. The molecule has 205 valence electrons. The average Bonchev–Trinajstić information content (AvgIpc) is 3.45. The summed E-state index contributed by atoms with van der Waals surface area (Å²) in [5.74, 6) is 1.10. The summed E-state index contributed by atoms with van der Waals surface area (Å²) in [7, 11) is 0. The smallest absolute Gasteiger partial charge is 0.134 e. The van der Waals surface area contributed by atoms with Gasteiger partial charge in [0.05, 0.1) is 34.9 Å². The van der Waals surface area contributed by atoms with Crippen LogP contribution in [0.3, 0.4) is 0 Å². The standard InChI is InChI=1S/C25H26FN4O.C7H8O.Y/c26-22-5-6-23(25-24(22)19(15-27)16-29-25)30-13-9-18(10-14-30)17-1-3-20(4-2-17)31-21-7-11-28-12-8-21;8-6-7-4-2-1-3-5-7;/h1-6,16,18,21,29H,7-14H2;1-5,8H,6H2;/q-1;;. The molecular formula is C32H34FN4O2Y-. The molecule has 4 aromatic rings. The number of nitrogens with one attached hydrogen (secondary N) is 1. The second-order valence-electron chi connectivity index (χ2n) is 10.1. The van der Waals surface area contributed by atoms with Crippen LogP contribution in [0.25, 0.3) is 16.2 Å². The number of hydrogen-bond acceptors (Lipinski definition) is 4. The van der Waals surface area contributed by atoms with Crippen molar-refractivity contribution in [1.29, 1.82) is 5.26 Å². The van der Waals surface area contributed by atoms with Crippen LogP contribution in [0.5, 0.6) is 5.75 Å². The van der Waals surface area contributed by atoms with Crippen LogP contribution < -0.4 is 9.64 Å². The van der Waals surface area contributed by atoms with E-state index in [-0.39, 0.29) is 51.2 Å². The van der Waals surface area contributed by atoms with Gasteiger partial charge in [0, 0.05) is 52.0 Å². The number of nitrogens with zero attached hydrogens (tertiary/aromatic N) is 3. The summed E-state index contributed by atoms with van der Waals surface area (Å²) in [6, 6.07) is 23.5. The van der Waals surface area contributed by atoms with Crippen LogP contribution in [0.15, 0.2) is 72.9 Å². The van der Waals surface area contributed by atoms with Crippen molar-refractivity contribution in [2.45, 2.75) is 44.3 Å². The number of hydrogen-bond donors (Lipinski definition) is 2. The second kappa shape index (κ2) is 14.8. The molecule has 8 heteroatoms. The molecule has 0 amide bonds. The van der Waals surface area contributed by atoms with Gasteiger partial charge >= 0.3 is 0 Å². The maximum absolute atomic E-state index is 14.3. The zero-order valence-corrected chi connectivity index (χ0v) is 25.4. The van der Waals surface area contributed by atoms with Crippen LogP contribution >= 0.6 is 0 Å². The van der Waals surface area contributed by atoms with Crippen LogP contribution in [0.4, 0.5) is 10.1 Å². The number of aromatic nitrogens is 1. The molecule has 0 saturated carbocycles. The zero-order chi connectivity index (χ0) is 27.0. The predicted molar refractivity (Wildman–Crippen MR) is 153 cm³/mol. The molecule has 0 aliphatic carbocycles. The van der Waals surface area contributed by atoms with Crippen molar-refractivity contribution in [3.63, 3.8) is 0 Å². The maximum atomic E-state index is 14.3. The molecule has 1 radical (unpaired) electrons. The topological polar surface area (TPSA) is 86.4 Å². The Hall–Kier alpha value is -2.76. The summed E-state index contributed by atoms with van der Waals surface area (Å²) in [6.07, 6.45) is 5.97. The molecule has 0 spiro atoms. The Morgan fingerprint density at radius 3 is 2.30 bits per heavy atom. The number of nitriles is 1. The molecule has 2 aliphatic rings. The van der Waals surface area contributed by atoms with Crippen molar-refractivity contribution in [3.8, 4) is 11.8 Å². The van der Waals surface area contributed by atoms with Gasteiger partial charge in [0.25, 0.3) is 0 Å². The average molecular weight is 615 g/mol. The fourth-order valence-corrected chi connectivity index (χ4v) is 5.44. The number of rotatable bonds is 5. The third-order valence-corrected chi connectivity index (χ3v) is 7.62. The molecular weight excluding hydrogens is 580 g/mol. The largest absolute Gasteiger partial charge is 0.662 e. The van der Waals surface area contributed by atoms with E-state index in [4.69, 9.17) is 9.84 Å². The molecule has 6 nitrogen and oxygen atoms in total. The van der Waals surface area contributed by atoms with E-state index >= 15 is 0 Å². The number of aromatic amines is 1. The number of fused-ring (bicyclic) bond motifs is 1. The Morgan fingerprint density at radius 2 is 1.68 bits per heavy atom. The van der Waals surface area contributed by atoms with Gasteiger partial charge in [0.15, 0.2) is 0 Å². The molecule has 0 atom stereocenters. The summed E-state index contributed by atoms with van der Waals surface area (Å²) >= 11 is 0. The number of aliphatic hydroxyl groups excluding tert-OH is 1. The molecule has 2 fully saturated rings. The zero-order valence-electron chi connectivity index (χ0n) is 22.6. The number of ether oxygens (including phenoxy) is 1. The first kappa shape index (κ1) is 30.2. The SMILES string of the molecule is N#Cc1c[nH]c2c(N3CCC(c4ccc(OC5CC[N-]CC5)cc4)CC3)ccc(F)c12.OCc1ccccc1.[Y]. The van der Waals surface area contributed by atoms with Gasteiger partial charge in [0.1, 0.15) is 17.6 Å². The van der Waals surface area contributed by atoms with E-state index < -0.39 is 0 Å². The monoisotopic (exact) mass is 614 g/mol. The minimum atomic E-state index is -0.351. The molecule has 3 aromatic carbocycles. The van der Waals surface area contributed by atoms with Crippen LogP contribution in [-0.2, 0) is 39.3 Å². The van der Waals surface area contributed by atoms with Crippen molar-refractivity contribution in [2.24, 2.45) is 0 Å². The van der Waals surface area contributed by atoms with Gasteiger partial charge in [0.2, 0.25) is 0 Å². The third kappa shape index (κ3) is 7.30. The molecule has 1 aromatic heterocycles. The quantitative estimate of drug-likeness (QED) is 0.264. The number of anilines is 1. The summed E-state index contributed by atoms with van der Waals surface area (Å²) in [4.78, 5) is 5.40. The molecule has 2 aliphatic heterocycles. The van der Waals surface area contributed by atoms with Crippen molar-refractivity contribution in [2.75, 3.05) is 31.1 Å². The van der Waals surface area contributed by atoms with Gasteiger partial charge in [-0.25, -0.2) is 4.39 Å². The Bertz CT molecular complexity index is 1390. The molecule has 0 unspecified atom stereocenters. The first-order valence-corrected chi connectivity index (χ1v) is 13.7. The van der Waals surface area contributed by atoms with Crippen molar-refractivity contribution in [1.82, 2.24) is 4.98 Å². The van der Waals surface area contributed by atoms with E-state index in [0.717, 1.165) is 68.9 Å². The van der Waals surface area contributed by atoms with E-state index in [1.54, 1.807) is 6.20 Å². The molecule has 2 N–H and O–H groups in total. The minimum Gasteiger partial charge on any atom is -0.662 e. The van der Waals surface area contributed by atoms with Gasteiger partial charge in [-0.1, -0.05) is 42.5 Å². The number of halogens is 1. The third-order valence-electron chi connectivity index (χ3n) is 7.62. The Morgan fingerprint density at radius 1 is 0.975 bits per heavy atom. The molecule has 40 heavy (non-hydrogen) atoms. The fraction of sp³-hybridized carbons (Fsp3) is 0.344. The summed E-state index contributed by atoms with van der Waals surface area (Å²) in [6.45, 7) is 3.75. The number of aliphatic hydroxyl groups is 1. The summed E-state index contributed by atoms with van der Waals surface area (Å²) < 4.78 is 20.4. The first-order chi connectivity index (χ1) is 19.2. The molecule has 2 saturated heterocycles. The summed E-state index contributed by atoms with van der Waals surface area (Å²) in [5, 5.41) is 22.6. The molecule has 6 rings (SSSR count). The van der Waals surface area contributed by atoms with Crippen molar-refractivity contribution >= 4 is 16.6 Å². The fourth-order valence-electron chi connectivity index (χ4n) is 5.44. The van der Waals surface area contributed by atoms with Gasteiger partial charge < -0.3 is 25.0 Å². The van der Waals surface area contributed by atoms with E-state index in [9.17, 15) is 9.65 Å². The van der Waals surface area contributed by atoms with E-state index in [2.05, 4.69) is 45.5 Å². The van der Waals surface area contributed by atoms with E-state index in [1.807, 2.05) is 36.4 Å². The van der Waals surface area contributed by atoms with E-state index in [1.165, 1.54) is 11.6 Å². The van der Waals surface area contributed by atoms with Gasteiger partial charge in [-0.3, -0.25) is 0 Å². The Labute approximate surface area is 260 Å². The second-order valence-corrected chi connectivity index (χ2v) is 10.1. The molecule has 0 bridgehead atoms. The number of benzene rings is 3. The Balaban J connectivity index is 0.000000356. The van der Waals surface area contributed by atoms with Crippen LogP contribution in [0.2, 0.25) is 0 Å². The number of H-pyrrole nitrogens is 1. The number of piperidine rings is 2. The van der Waals surface area contributed by atoms with Crippen LogP contribution in [0.1, 0.15) is 48.3 Å². The maximum Gasteiger partial charge on any atom is 0.134 e. The van der Waals surface area contributed by atoms with Gasteiger partial charge in [-0.15, -0.1) is 13.1 Å². The van der Waals surface area contributed by atoms with Crippen LogP contribution in [-0.4, -0.2) is 42.4 Å². The van der Waals surface area contributed by atoms with Crippen LogP contribution in [0, 0.1) is 17.1 Å². The van der Waals surface area contributed by atoms with Gasteiger partial charge in [-0.2, -0.15) is 5.26 Å². The predicted octanol–water partition coefficient (Wildman–Crippen LogP) is 6.65. The van der Waals surface area contributed by atoms with Crippen molar-refractivity contribution in [3.05, 3.63) is 101 Å². The van der Waals surface area contributed by atoms with Gasteiger partial charge in [-0.05, 0) is 67.0 Å². The first-order valence-electron chi connectivity index (χ1n) is 13.7. The van der Waals surface area contributed by atoms with E-state index in [0.29, 0.717) is 22.4 Å². The normalized spacial score (nSPS) is 16.0.